The molecular weight excluding hydrogens is 403 g/mol. The summed E-state index contributed by atoms with van der Waals surface area (Å²) in [6.45, 7) is 4.41. The molecular formula is C32H35F. The van der Waals surface area contributed by atoms with Gasteiger partial charge in [-0.25, -0.2) is 4.39 Å². The molecule has 0 bridgehead atoms. The fraction of sp³-hybridized carbons (Fsp3) is 0.375. The number of allylic oxidation sites excluding steroid dienone is 2. The van der Waals surface area contributed by atoms with Crippen molar-refractivity contribution in [3.8, 4) is 11.8 Å². The summed E-state index contributed by atoms with van der Waals surface area (Å²) in [5, 5.41) is 1.58. The van der Waals surface area contributed by atoms with Gasteiger partial charge in [0.15, 0.2) is 0 Å². The van der Waals surface area contributed by atoms with Gasteiger partial charge in [-0.15, -0.1) is 0 Å². The fourth-order valence-electron chi connectivity index (χ4n) is 4.89. The van der Waals surface area contributed by atoms with Crippen LogP contribution in [0.2, 0.25) is 0 Å². The van der Waals surface area contributed by atoms with Gasteiger partial charge in [0.25, 0.3) is 0 Å². The summed E-state index contributed by atoms with van der Waals surface area (Å²) in [4.78, 5) is 0. The van der Waals surface area contributed by atoms with Gasteiger partial charge in [0.2, 0.25) is 0 Å². The Morgan fingerprint density at radius 1 is 0.879 bits per heavy atom. The van der Waals surface area contributed by atoms with E-state index in [1.54, 1.807) is 6.07 Å². The Balaban J connectivity index is 1.40. The van der Waals surface area contributed by atoms with Gasteiger partial charge in [0, 0.05) is 10.9 Å². The number of aryl methyl sites for hydroxylation is 2. The monoisotopic (exact) mass is 438 g/mol. The first-order chi connectivity index (χ1) is 16.1. The molecule has 0 radical (unpaired) electrons. The number of hydrogen-bond donors (Lipinski definition) is 0. The molecule has 3 aromatic rings. The summed E-state index contributed by atoms with van der Waals surface area (Å²) in [7, 11) is 0. The van der Waals surface area contributed by atoms with E-state index in [0.29, 0.717) is 10.9 Å². The molecule has 170 valence electrons. The summed E-state index contributed by atoms with van der Waals surface area (Å²) >= 11 is 0. The third-order valence-electron chi connectivity index (χ3n) is 7.13. The molecule has 0 unspecified atom stereocenters. The molecule has 1 fully saturated rings. The van der Waals surface area contributed by atoms with Crippen LogP contribution < -0.4 is 0 Å². The lowest BCUT2D eigenvalue weighted by atomic mass is 9.80. The molecule has 1 aliphatic rings. The van der Waals surface area contributed by atoms with Crippen molar-refractivity contribution in [3.63, 3.8) is 0 Å². The number of rotatable bonds is 6. The predicted octanol–water partition coefficient (Wildman–Crippen LogP) is 8.65. The van der Waals surface area contributed by atoms with Crippen LogP contribution in [0, 0.1) is 29.5 Å². The molecule has 0 spiro atoms. The second-order valence-corrected chi connectivity index (χ2v) is 9.70. The predicted molar refractivity (Wildman–Crippen MR) is 139 cm³/mol. The molecule has 0 aliphatic heterocycles. The van der Waals surface area contributed by atoms with Crippen molar-refractivity contribution in [2.45, 2.75) is 65.2 Å². The van der Waals surface area contributed by atoms with Crippen molar-refractivity contribution in [1.82, 2.24) is 0 Å². The van der Waals surface area contributed by atoms with Crippen molar-refractivity contribution in [2.75, 3.05) is 0 Å². The Kier molecular flexibility index (Phi) is 8.01. The average molecular weight is 439 g/mol. The number of halogens is 1. The molecule has 1 aliphatic carbocycles. The van der Waals surface area contributed by atoms with Crippen molar-refractivity contribution >= 4 is 10.8 Å². The van der Waals surface area contributed by atoms with Crippen LogP contribution in [0.5, 0.6) is 0 Å². The summed E-state index contributed by atoms with van der Waals surface area (Å²) in [5.41, 5.74) is 4.00. The molecule has 1 saturated carbocycles. The third-order valence-corrected chi connectivity index (χ3v) is 7.13. The highest BCUT2D eigenvalue weighted by molar-refractivity contribution is 5.85. The number of hydrogen-bond acceptors (Lipinski definition) is 0. The minimum absolute atomic E-state index is 0.224. The van der Waals surface area contributed by atoms with E-state index in [2.05, 4.69) is 61.2 Å². The maximum atomic E-state index is 15.1. The second-order valence-electron chi connectivity index (χ2n) is 9.70. The van der Waals surface area contributed by atoms with Crippen LogP contribution in [-0.2, 0) is 12.8 Å². The largest absolute Gasteiger partial charge is 0.205 e. The van der Waals surface area contributed by atoms with Crippen LogP contribution in [0.25, 0.3) is 10.8 Å². The molecule has 0 N–H and O–H groups in total. The SMILES string of the molecule is C/C=C/CCc1ccc2c(F)c(C#Cc3ccc(CCC4CCC(C)CC4)cc3)ccc2c1. The van der Waals surface area contributed by atoms with E-state index in [4.69, 9.17) is 0 Å². The molecule has 0 heterocycles. The lowest BCUT2D eigenvalue weighted by Gasteiger charge is -2.26. The van der Waals surface area contributed by atoms with Crippen molar-refractivity contribution in [3.05, 3.63) is 94.8 Å². The number of fused-ring (bicyclic) bond motifs is 1. The van der Waals surface area contributed by atoms with E-state index in [1.807, 2.05) is 25.1 Å². The molecule has 0 atom stereocenters. The van der Waals surface area contributed by atoms with Gasteiger partial charge in [0.05, 0.1) is 5.56 Å². The van der Waals surface area contributed by atoms with E-state index >= 15 is 4.39 Å². The summed E-state index contributed by atoms with van der Waals surface area (Å²) in [5.74, 6) is 7.78. The molecule has 3 aromatic carbocycles. The van der Waals surface area contributed by atoms with Gasteiger partial charge in [-0.2, -0.15) is 0 Å². The summed E-state index contributed by atoms with van der Waals surface area (Å²) in [6, 6.07) is 18.3. The van der Waals surface area contributed by atoms with Crippen LogP contribution in [0.3, 0.4) is 0 Å². The zero-order chi connectivity index (χ0) is 23.0. The van der Waals surface area contributed by atoms with Gasteiger partial charge in [-0.3, -0.25) is 0 Å². The molecule has 0 amide bonds. The number of benzene rings is 3. The highest BCUT2D eigenvalue weighted by Gasteiger charge is 2.17. The van der Waals surface area contributed by atoms with Gasteiger partial charge >= 0.3 is 0 Å². The molecule has 4 rings (SSSR count). The topological polar surface area (TPSA) is 0 Å². The summed E-state index contributed by atoms with van der Waals surface area (Å²) < 4.78 is 15.1. The van der Waals surface area contributed by atoms with Crippen LogP contribution in [0.15, 0.2) is 66.7 Å². The van der Waals surface area contributed by atoms with Crippen LogP contribution in [0.4, 0.5) is 4.39 Å². The Morgan fingerprint density at radius 2 is 1.64 bits per heavy atom. The lowest BCUT2D eigenvalue weighted by Crippen LogP contribution is -2.12. The van der Waals surface area contributed by atoms with E-state index in [1.165, 1.54) is 43.2 Å². The van der Waals surface area contributed by atoms with Crippen LogP contribution in [-0.4, -0.2) is 0 Å². The maximum Gasteiger partial charge on any atom is 0.146 e. The van der Waals surface area contributed by atoms with Gasteiger partial charge in [-0.05, 0) is 79.2 Å². The Morgan fingerprint density at radius 3 is 2.39 bits per heavy atom. The third kappa shape index (κ3) is 6.35. The van der Waals surface area contributed by atoms with Gasteiger partial charge in [0.1, 0.15) is 5.82 Å². The summed E-state index contributed by atoms with van der Waals surface area (Å²) in [6.07, 6.45) is 14.2. The smallest absolute Gasteiger partial charge is 0.146 e. The minimum atomic E-state index is -0.224. The molecule has 0 aromatic heterocycles. The van der Waals surface area contributed by atoms with Crippen LogP contribution in [0.1, 0.15) is 74.6 Å². The zero-order valence-electron chi connectivity index (χ0n) is 20.0. The normalized spacial score (nSPS) is 18.4. The minimum Gasteiger partial charge on any atom is -0.205 e. The van der Waals surface area contributed by atoms with Crippen molar-refractivity contribution in [2.24, 2.45) is 11.8 Å². The van der Waals surface area contributed by atoms with E-state index in [0.717, 1.165) is 42.0 Å². The molecule has 0 saturated heterocycles. The van der Waals surface area contributed by atoms with Crippen LogP contribution >= 0.6 is 0 Å². The average Bonchev–Trinajstić information content (AvgIpc) is 2.84. The highest BCUT2D eigenvalue weighted by Crippen LogP contribution is 2.31. The lowest BCUT2D eigenvalue weighted by molar-refractivity contribution is 0.278. The van der Waals surface area contributed by atoms with Gasteiger partial charge in [-0.1, -0.05) is 93.0 Å². The fourth-order valence-corrected chi connectivity index (χ4v) is 4.89. The Labute approximate surface area is 198 Å². The standard InChI is InChI=1S/C32H35F/c1-3-4-5-6-28-18-22-31-30(23-28)21-20-29(32(31)33)19-17-27-15-13-26(14-16-27)12-11-25-9-7-24(2)8-10-25/h3-4,13-16,18,20-25H,5-12H2,1-2H3/b4-3+. The van der Waals surface area contributed by atoms with E-state index in [-0.39, 0.29) is 5.82 Å². The van der Waals surface area contributed by atoms with Gasteiger partial charge < -0.3 is 0 Å². The maximum absolute atomic E-state index is 15.1. The van der Waals surface area contributed by atoms with E-state index in [9.17, 15) is 0 Å². The molecule has 0 nitrogen and oxygen atoms in total. The van der Waals surface area contributed by atoms with E-state index < -0.39 is 0 Å². The van der Waals surface area contributed by atoms with Crippen molar-refractivity contribution < 1.29 is 4.39 Å². The first-order valence-electron chi connectivity index (χ1n) is 12.6. The molecule has 1 heteroatoms. The first kappa shape index (κ1) is 23.3. The quantitative estimate of drug-likeness (QED) is 0.267. The van der Waals surface area contributed by atoms with Crippen molar-refractivity contribution in [1.29, 1.82) is 0 Å². The molecule has 33 heavy (non-hydrogen) atoms. The Hall–Kier alpha value is -2.85. The Bertz CT molecular complexity index is 1150. The zero-order valence-corrected chi connectivity index (χ0v) is 20.0. The highest BCUT2D eigenvalue weighted by atomic mass is 19.1. The second kappa shape index (κ2) is 11.3. The first-order valence-corrected chi connectivity index (χ1v) is 12.6.